The Labute approximate surface area is 128 Å². The molecule has 0 aliphatic heterocycles. The fraction of sp³-hybridized carbons (Fsp3) is 0.143. The van der Waals surface area contributed by atoms with Gasteiger partial charge < -0.3 is 10.8 Å². The molecule has 1 unspecified atom stereocenters. The Hall–Kier alpha value is -0.590. The lowest BCUT2D eigenvalue weighted by Gasteiger charge is -2.14. The van der Waals surface area contributed by atoms with Crippen molar-refractivity contribution in [3.05, 3.63) is 61.6 Å². The number of halogens is 2. The van der Waals surface area contributed by atoms with Crippen molar-refractivity contribution >= 4 is 44.2 Å². The topological polar surface area (TPSA) is 46.2 Å². The summed E-state index contributed by atoms with van der Waals surface area (Å²) in [6, 6.07) is 13.7. The zero-order valence-electron chi connectivity index (χ0n) is 9.61. The molecule has 18 heavy (non-hydrogen) atoms. The van der Waals surface area contributed by atoms with Crippen LogP contribution in [-0.2, 0) is 6.42 Å². The van der Waals surface area contributed by atoms with Crippen LogP contribution in [0.5, 0.6) is 0 Å². The number of aliphatic hydroxyl groups is 1. The maximum atomic E-state index is 10.2. The molecule has 0 bridgehead atoms. The summed E-state index contributed by atoms with van der Waals surface area (Å²) >= 11 is 5.65. The Kier molecular flexibility index (Phi) is 4.64. The van der Waals surface area contributed by atoms with Gasteiger partial charge in [-0.3, -0.25) is 0 Å². The number of rotatable bonds is 3. The van der Waals surface area contributed by atoms with Gasteiger partial charge in [0.25, 0.3) is 0 Å². The monoisotopic (exact) mass is 417 g/mol. The van der Waals surface area contributed by atoms with Gasteiger partial charge in [-0.05, 0) is 58.5 Å². The number of benzene rings is 2. The first-order valence-corrected chi connectivity index (χ1v) is 7.41. The van der Waals surface area contributed by atoms with E-state index in [2.05, 4.69) is 38.5 Å². The normalized spacial score (nSPS) is 12.4. The molecule has 0 aliphatic carbocycles. The van der Waals surface area contributed by atoms with Gasteiger partial charge in [0.15, 0.2) is 0 Å². The number of aliphatic hydroxyl groups excluding tert-OH is 1. The second-order valence-corrected chi connectivity index (χ2v) is 6.28. The van der Waals surface area contributed by atoms with Crippen LogP contribution in [0.4, 0.5) is 5.69 Å². The first-order chi connectivity index (χ1) is 8.56. The van der Waals surface area contributed by atoms with Crippen LogP contribution in [0, 0.1) is 3.57 Å². The molecule has 0 amide bonds. The van der Waals surface area contributed by atoms with E-state index in [0.717, 1.165) is 15.6 Å². The second kappa shape index (κ2) is 6.04. The number of hydrogen-bond donors (Lipinski definition) is 2. The van der Waals surface area contributed by atoms with Crippen LogP contribution in [0.2, 0.25) is 0 Å². The lowest BCUT2D eigenvalue weighted by molar-refractivity contribution is 0.179. The van der Waals surface area contributed by atoms with E-state index in [1.807, 2.05) is 36.4 Å². The molecular weight excluding hydrogens is 405 g/mol. The minimum Gasteiger partial charge on any atom is -0.398 e. The van der Waals surface area contributed by atoms with Crippen LogP contribution in [0.15, 0.2) is 46.9 Å². The highest BCUT2D eigenvalue weighted by molar-refractivity contribution is 14.1. The molecule has 2 nitrogen and oxygen atoms in total. The molecule has 0 saturated carbocycles. The van der Waals surface area contributed by atoms with Crippen LogP contribution in [0.3, 0.4) is 0 Å². The summed E-state index contributed by atoms with van der Waals surface area (Å²) in [6.45, 7) is 0. The van der Waals surface area contributed by atoms with Gasteiger partial charge in [-0.2, -0.15) is 0 Å². The summed E-state index contributed by atoms with van der Waals surface area (Å²) in [5.74, 6) is 0. The van der Waals surface area contributed by atoms with Crippen LogP contribution in [0.1, 0.15) is 17.2 Å². The molecule has 1 atom stereocenters. The Bertz CT molecular complexity index is 542. The molecule has 2 aromatic carbocycles. The predicted octanol–water partition coefficient (Wildman–Crippen LogP) is 3.91. The van der Waals surface area contributed by atoms with Gasteiger partial charge in [0, 0.05) is 25.7 Å². The molecule has 0 aliphatic rings. The Morgan fingerprint density at radius 2 is 1.83 bits per heavy atom. The fourth-order valence-electron chi connectivity index (χ4n) is 1.79. The average molecular weight is 418 g/mol. The van der Waals surface area contributed by atoms with Crippen LogP contribution < -0.4 is 5.73 Å². The quantitative estimate of drug-likeness (QED) is 0.587. The zero-order chi connectivity index (χ0) is 13.1. The maximum Gasteiger partial charge on any atom is 0.0850 e. The highest BCUT2D eigenvalue weighted by atomic mass is 127. The number of anilines is 1. The van der Waals surface area contributed by atoms with Gasteiger partial charge in [0.1, 0.15) is 0 Å². The van der Waals surface area contributed by atoms with Crippen molar-refractivity contribution in [3.63, 3.8) is 0 Å². The molecule has 3 N–H and O–H groups in total. The van der Waals surface area contributed by atoms with Crippen molar-refractivity contribution in [1.82, 2.24) is 0 Å². The van der Waals surface area contributed by atoms with Crippen LogP contribution >= 0.6 is 38.5 Å². The third kappa shape index (κ3) is 3.46. The van der Waals surface area contributed by atoms with Crippen molar-refractivity contribution in [2.75, 3.05) is 5.73 Å². The first kappa shape index (κ1) is 13.8. The van der Waals surface area contributed by atoms with Crippen LogP contribution in [0.25, 0.3) is 0 Å². The zero-order valence-corrected chi connectivity index (χ0v) is 13.3. The molecule has 0 spiro atoms. The predicted molar refractivity (Wildman–Crippen MR) is 86.4 cm³/mol. The second-order valence-electron chi connectivity index (χ2n) is 4.12. The smallest absolute Gasteiger partial charge is 0.0850 e. The SMILES string of the molecule is Nc1ccc(Br)cc1C(O)Cc1ccc(I)cc1. The van der Waals surface area contributed by atoms with Crippen molar-refractivity contribution in [2.24, 2.45) is 0 Å². The Balaban J connectivity index is 2.18. The molecule has 0 saturated heterocycles. The third-order valence-corrected chi connectivity index (χ3v) is 3.96. The number of nitrogens with two attached hydrogens (primary N) is 1. The standard InChI is InChI=1S/C14H13BrINO/c15-10-3-6-13(17)12(8-10)14(18)7-9-1-4-11(16)5-2-9/h1-6,8,14,18H,7,17H2. The molecule has 94 valence electrons. The van der Waals surface area contributed by atoms with E-state index in [9.17, 15) is 5.11 Å². The maximum absolute atomic E-state index is 10.2. The Morgan fingerprint density at radius 3 is 2.50 bits per heavy atom. The number of nitrogen functional groups attached to an aromatic ring is 1. The molecule has 0 aromatic heterocycles. The fourth-order valence-corrected chi connectivity index (χ4v) is 2.53. The molecule has 0 heterocycles. The molecule has 2 aromatic rings. The third-order valence-electron chi connectivity index (χ3n) is 2.75. The first-order valence-electron chi connectivity index (χ1n) is 5.53. The van der Waals surface area contributed by atoms with Crippen molar-refractivity contribution < 1.29 is 5.11 Å². The summed E-state index contributed by atoms with van der Waals surface area (Å²) in [4.78, 5) is 0. The van der Waals surface area contributed by atoms with E-state index in [0.29, 0.717) is 12.1 Å². The van der Waals surface area contributed by atoms with E-state index in [4.69, 9.17) is 5.73 Å². The van der Waals surface area contributed by atoms with Crippen LogP contribution in [-0.4, -0.2) is 5.11 Å². The lowest BCUT2D eigenvalue weighted by Crippen LogP contribution is -2.05. The average Bonchev–Trinajstić information content (AvgIpc) is 2.35. The summed E-state index contributed by atoms with van der Waals surface area (Å²) in [5, 5.41) is 10.2. The highest BCUT2D eigenvalue weighted by Gasteiger charge is 2.12. The molecular formula is C14H13BrINO. The van der Waals surface area contributed by atoms with Gasteiger partial charge in [-0.25, -0.2) is 0 Å². The highest BCUT2D eigenvalue weighted by Crippen LogP contribution is 2.27. The van der Waals surface area contributed by atoms with E-state index in [1.165, 1.54) is 3.57 Å². The summed E-state index contributed by atoms with van der Waals surface area (Å²) < 4.78 is 2.11. The Morgan fingerprint density at radius 1 is 1.17 bits per heavy atom. The van der Waals surface area contributed by atoms with E-state index in [1.54, 1.807) is 6.07 Å². The van der Waals surface area contributed by atoms with Crippen molar-refractivity contribution in [1.29, 1.82) is 0 Å². The van der Waals surface area contributed by atoms with Crippen molar-refractivity contribution in [2.45, 2.75) is 12.5 Å². The minimum absolute atomic E-state index is 0.567. The van der Waals surface area contributed by atoms with E-state index in [-0.39, 0.29) is 0 Å². The summed E-state index contributed by atoms with van der Waals surface area (Å²) in [5.41, 5.74) is 8.37. The molecule has 2 rings (SSSR count). The van der Waals surface area contributed by atoms with Gasteiger partial charge in [0.05, 0.1) is 6.10 Å². The van der Waals surface area contributed by atoms with E-state index >= 15 is 0 Å². The minimum atomic E-state index is -0.581. The summed E-state index contributed by atoms with van der Waals surface area (Å²) in [7, 11) is 0. The van der Waals surface area contributed by atoms with Crippen molar-refractivity contribution in [3.8, 4) is 0 Å². The molecule has 0 radical (unpaired) electrons. The van der Waals surface area contributed by atoms with E-state index < -0.39 is 6.10 Å². The van der Waals surface area contributed by atoms with Gasteiger partial charge >= 0.3 is 0 Å². The van der Waals surface area contributed by atoms with Gasteiger partial charge in [-0.1, -0.05) is 28.1 Å². The lowest BCUT2D eigenvalue weighted by atomic mass is 10.0. The number of hydrogen-bond acceptors (Lipinski definition) is 2. The summed E-state index contributed by atoms with van der Waals surface area (Å²) in [6.07, 6.45) is -0.0139. The van der Waals surface area contributed by atoms with Gasteiger partial charge in [-0.15, -0.1) is 0 Å². The van der Waals surface area contributed by atoms with Gasteiger partial charge in [0.2, 0.25) is 0 Å². The largest absolute Gasteiger partial charge is 0.398 e. The molecule has 0 fully saturated rings. The molecule has 4 heteroatoms.